The van der Waals surface area contributed by atoms with Crippen molar-refractivity contribution in [2.75, 3.05) is 38.6 Å². The van der Waals surface area contributed by atoms with Crippen LogP contribution in [0.25, 0.3) is 0 Å². The lowest BCUT2D eigenvalue weighted by Crippen LogP contribution is -2.33. The highest BCUT2D eigenvalue weighted by atomic mass is 32.2. The minimum Gasteiger partial charge on any atom is -0.395 e. The molecule has 0 bridgehead atoms. The molecule has 70 valence electrons. The van der Waals surface area contributed by atoms with E-state index < -0.39 is 0 Å². The molecule has 1 rings (SSSR count). The topological polar surface area (TPSA) is 56.1 Å². The molecule has 0 saturated heterocycles. The van der Waals surface area contributed by atoms with Crippen molar-refractivity contribution in [1.82, 2.24) is 4.90 Å². The van der Waals surface area contributed by atoms with Crippen molar-refractivity contribution < 1.29 is 10.2 Å². The monoisotopic (exact) mass is 190 g/mol. The van der Waals surface area contributed by atoms with Gasteiger partial charge >= 0.3 is 0 Å². The molecule has 0 aromatic rings. The summed E-state index contributed by atoms with van der Waals surface area (Å²) in [4.78, 5) is 6.17. The number of aliphatic hydroxyl groups excluding tert-OH is 2. The molecule has 0 aliphatic carbocycles. The van der Waals surface area contributed by atoms with Crippen LogP contribution in [0, 0.1) is 0 Å². The standard InChI is InChI=1S/C7H14N2O2S/c10-4-2-9(3-5-11)7-8-1-6-12-7/h10-11H,1-6H2. The van der Waals surface area contributed by atoms with E-state index >= 15 is 0 Å². The molecule has 1 aliphatic rings. The Labute approximate surface area is 76.3 Å². The molecule has 1 heterocycles. The second-order valence-electron chi connectivity index (χ2n) is 2.45. The molecular formula is C7H14N2O2S. The third-order valence-corrected chi connectivity index (χ3v) is 2.61. The lowest BCUT2D eigenvalue weighted by molar-refractivity contribution is 0.214. The van der Waals surface area contributed by atoms with E-state index in [-0.39, 0.29) is 13.2 Å². The Morgan fingerprint density at radius 1 is 1.33 bits per heavy atom. The van der Waals surface area contributed by atoms with Gasteiger partial charge in [0.1, 0.15) is 0 Å². The summed E-state index contributed by atoms with van der Waals surface area (Å²) in [7, 11) is 0. The molecule has 0 radical (unpaired) electrons. The Hall–Kier alpha value is -0.260. The summed E-state index contributed by atoms with van der Waals surface area (Å²) in [5.41, 5.74) is 0. The first-order valence-electron chi connectivity index (χ1n) is 4.02. The predicted molar refractivity (Wildman–Crippen MR) is 50.5 cm³/mol. The van der Waals surface area contributed by atoms with Crippen molar-refractivity contribution in [2.45, 2.75) is 0 Å². The van der Waals surface area contributed by atoms with Crippen LogP contribution in [0.15, 0.2) is 4.99 Å². The summed E-state index contributed by atoms with van der Waals surface area (Å²) in [6, 6.07) is 0. The van der Waals surface area contributed by atoms with Gasteiger partial charge in [-0.2, -0.15) is 0 Å². The van der Waals surface area contributed by atoms with Crippen molar-refractivity contribution >= 4 is 16.9 Å². The summed E-state index contributed by atoms with van der Waals surface area (Å²) in [5, 5.41) is 18.4. The zero-order chi connectivity index (χ0) is 8.81. The molecule has 0 saturated carbocycles. The van der Waals surface area contributed by atoms with Crippen molar-refractivity contribution in [3.8, 4) is 0 Å². The Bertz CT molecular complexity index is 157. The fourth-order valence-corrected chi connectivity index (χ4v) is 1.97. The van der Waals surface area contributed by atoms with Crippen LogP contribution in [0.5, 0.6) is 0 Å². The fourth-order valence-electron chi connectivity index (χ4n) is 1.06. The Morgan fingerprint density at radius 2 is 2.00 bits per heavy atom. The second kappa shape index (κ2) is 5.40. The van der Waals surface area contributed by atoms with E-state index in [1.807, 2.05) is 4.90 Å². The molecule has 5 heteroatoms. The van der Waals surface area contributed by atoms with Crippen molar-refractivity contribution in [1.29, 1.82) is 0 Å². The zero-order valence-electron chi connectivity index (χ0n) is 6.94. The van der Waals surface area contributed by atoms with Gasteiger partial charge in [0.2, 0.25) is 0 Å². The lowest BCUT2D eigenvalue weighted by atomic mass is 10.5. The molecule has 0 aromatic carbocycles. The maximum atomic E-state index is 8.74. The lowest BCUT2D eigenvalue weighted by Gasteiger charge is -2.21. The molecule has 0 fully saturated rings. The van der Waals surface area contributed by atoms with Crippen LogP contribution in [0.1, 0.15) is 0 Å². The molecule has 2 N–H and O–H groups in total. The number of rotatable bonds is 4. The SMILES string of the molecule is OCCN(CCO)C1=NCCS1. The number of aliphatic imine (C=N–C) groups is 1. The molecule has 0 spiro atoms. The Kier molecular flexibility index (Phi) is 4.42. The number of hydrogen-bond donors (Lipinski definition) is 2. The number of aliphatic hydroxyl groups is 2. The summed E-state index contributed by atoms with van der Waals surface area (Å²) < 4.78 is 0. The van der Waals surface area contributed by atoms with E-state index in [1.165, 1.54) is 0 Å². The summed E-state index contributed by atoms with van der Waals surface area (Å²) in [5.74, 6) is 1.02. The van der Waals surface area contributed by atoms with E-state index in [2.05, 4.69) is 4.99 Å². The quantitative estimate of drug-likeness (QED) is 0.620. The van der Waals surface area contributed by atoms with E-state index in [4.69, 9.17) is 10.2 Å². The molecule has 0 amide bonds. The van der Waals surface area contributed by atoms with Crippen LogP contribution in [0.3, 0.4) is 0 Å². The molecule has 4 nitrogen and oxygen atoms in total. The number of thioether (sulfide) groups is 1. The maximum absolute atomic E-state index is 8.74. The van der Waals surface area contributed by atoms with Crippen molar-refractivity contribution in [3.05, 3.63) is 0 Å². The van der Waals surface area contributed by atoms with Gasteiger partial charge in [0.25, 0.3) is 0 Å². The van der Waals surface area contributed by atoms with Gasteiger partial charge in [-0.3, -0.25) is 4.99 Å². The minimum absolute atomic E-state index is 0.111. The van der Waals surface area contributed by atoms with Crippen LogP contribution >= 0.6 is 11.8 Å². The first-order chi connectivity index (χ1) is 5.88. The fraction of sp³-hybridized carbons (Fsp3) is 0.857. The zero-order valence-corrected chi connectivity index (χ0v) is 7.76. The summed E-state index contributed by atoms with van der Waals surface area (Å²) in [6.07, 6.45) is 0. The maximum Gasteiger partial charge on any atom is 0.159 e. The molecule has 0 aromatic heterocycles. The first-order valence-corrected chi connectivity index (χ1v) is 5.01. The highest BCUT2D eigenvalue weighted by Gasteiger charge is 2.14. The highest BCUT2D eigenvalue weighted by molar-refractivity contribution is 8.14. The average Bonchev–Trinajstić information content (AvgIpc) is 2.56. The van der Waals surface area contributed by atoms with Gasteiger partial charge in [0.05, 0.1) is 19.8 Å². The van der Waals surface area contributed by atoms with Crippen LogP contribution in [0.2, 0.25) is 0 Å². The predicted octanol–water partition coefficient (Wildman–Crippen LogP) is -0.624. The van der Waals surface area contributed by atoms with Gasteiger partial charge in [-0.25, -0.2) is 0 Å². The van der Waals surface area contributed by atoms with E-state index in [1.54, 1.807) is 11.8 Å². The van der Waals surface area contributed by atoms with E-state index in [0.29, 0.717) is 13.1 Å². The summed E-state index contributed by atoms with van der Waals surface area (Å²) >= 11 is 1.68. The molecule has 0 atom stereocenters. The van der Waals surface area contributed by atoms with Gasteiger partial charge in [0, 0.05) is 18.8 Å². The minimum atomic E-state index is 0.111. The third-order valence-electron chi connectivity index (χ3n) is 1.58. The van der Waals surface area contributed by atoms with E-state index in [9.17, 15) is 0 Å². The number of hydrogen-bond acceptors (Lipinski definition) is 5. The molecule has 12 heavy (non-hydrogen) atoms. The molecule has 1 aliphatic heterocycles. The Morgan fingerprint density at radius 3 is 2.42 bits per heavy atom. The highest BCUT2D eigenvalue weighted by Crippen LogP contribution is 2.14. The summed E-state index contributed by atoms with van der Waals surface area (Å²) in [6.45, 7) is 2.20. The average molecular weight is 190 g/mol. The van der Waals surface area contributed by atoms with Crippen LogP contribution in [-0.4, -0.2) is 58.9 Å². The van der Waals surface area contributed by atoms with Gasteiger partial charge in [-0.15, -0.1) is 0 Å². The van der Waals surface area contributed by atoms with Crippen LogP contribution in [-0.2, 0) is 0 Å². The third kappa shape index (κ3) is 2.66. The van der Waals surface area contributed by atoms with Gasteiger partial charge in [0.15, 0.2) is 5.17 Å². The van der Waals surface area contributed by atoms with E-state index in [0.717, 1.165) is 17.5 Å². The van der Waals surface area contributed by atoms with Gasteiger partial charge in [-0.1, -0.05) is 11.8 Å². The number of amidine groups is 1. The van der Waals surface area contributed by atoms with Crippen molar-refractivity contribution in [2.24, 2.45) is 4.99 Å². The number of nitrogens with zero attached hydrogens (tertiary/aromatic N) is 2. The Balaban J connectivity index is 2.40. The molecule has 0 unspecified atom stereocenters. The smallest absolute Gasteiger partial charge is 0.159 e. The largest absolute Gasteiger partial charge is 0.395 e. The second-order valence-corrected chi connectivity index (χ2v) is 3.51. The van der Waals surface area contributed by atoms with Gasteiger partial charge in [-0.05, 0) is 0 Å². The van der Waals surface area contributed by atoms with Crippen LogP contribution < -0.4 is 0 Å². The first kappa shape index (κ1) is 9.83. The molecular weight excluding hydrogens is 176 g/mol. The van der Waals surface area contributed by atoms with Gasteiger partial charge < -0.3 is 15.1 Å². The van der Waals surface area contributed by atoms with Crippen LogP contribution in [0.4, 0.5) is 0 Å². The normalized spacial score (nSPS) is 16.3. The van der Waals surface area contributed by atoms with Crippen molar-refractivity contribution in [3.63, 3.8) is 0 Å².